The van der Waals surface area contributed by atoms with E-state index in [0.29, 0.717) is 0 Å². The molecule has 0 aliphatic heterocycles. The molecule has 0 bridgehead atoms. The van der Waals surface area contributed by atoms with E-state index in [9.17, 15) is 13.2 Å². The van der Waals surface area contributed by atoms with Crippen LogP contribution >= 0.6 is 0 Å². The first-order valence-corrected chi connectivity index (χ1v) is 7.79. The summed E-state index contributed by atoms with van der Waals surface area (Å²) in [5.74, 6) is -0.354. The van der Waals surface area contributed by atoms with Crippen molar-refractivity contribution in [2.24, 2.45) is 5.73 Å². The van der Waals surface area contributed by atoms with Crippen molar-refractivity contribution in [2.45, 2.75) is 51.2 Å². The van der Waals surface area contributed by atoms with Gasteiger partial charge in [0.05, 0.1) is 4.90 Å². The third-order valence-electron chi connectivity index (χ3n) is 2.10. The number of rotatable bonds is 2. The van der Waals surface area contributed by atoms with Gasteiger partial charge >= 0.3 is 5.97 Å². The highest BCUT2D eigenvalue weighted by atomic mass is 32.2. The van der Waals surface area contributed by atoms with Gasteiger partial charge in [-0.1, -0.05) is 17.7 Å². The van der Waals surface area contributed by atoms with Crippen molar-refractivity contribution in [3.63, 3.8) is 0 Å². The van der Waals surface area contributed by atoms with Crippen LogP contribution in [0, 0.1) is 6.92 Å². The number of ether oxygens (including phenoxy) is 1. The number of nitrogens with two attached hydrogens (primary N) is 1. The van der Waals surface area contributed by atoms with Crippen molar-refractivity contribution in [2.75, 3.05) is 0 Å². The zero-order valence-corrected chi connectivity index (χ0v) is 13.8. The van der Waals surface area contributed by atoms with Gasteiger partial charge in [0.2, 0.25) is 0 Å². The van der Waals surface area contributed by atoms with E-state index < -0.39 is 21.8 Å². The van der Waals surface area contributed by atoms with Crippen LogP contribution in [0.15, 0.2) is 29.2 Å². The van der Waals surface area contributed by atoms with Crippen LogP contribution in [0.2, 0.25) is 0 Å². The zero-order valence-electron chi connectivity index (χ0n) is 13.0. The van der Waals surface area contributed by atoms with E-state index in [2.05, 4.69) is 0 Å². The molecule has 3 N–H and O–H groups in total. The fourth-order valence-corrected chi connectivity index (χ4v) is 1.58. The SMILES string of the molecule is C[C@H](N)C(=O)OC(C)(C)C.Cc1ccc(S(=O)(=O)O)cc1. The molecule has 6 nitrogen and oxygen atoms in total. The average Bonchev–Trinajstić information content (AvgIpc) is 2.26. The van der Waals surface area contributed by atoms with Crippen molar-refractivity contribution in [1.29, 1.82) is 0 Å². The molecule has 0 fully saturated rings. The van der Waals surface area contributed by atoms with E-state index in [-0.39, 0.29) is 10.9 Å². The second-order valence-corrected chi connectivity index (χ2v) is 7.03. The molecule has 0 saturated carbocycles. The molecule has 1 aromatic rings. The third-order valence-corrected chi connectivity index (χ3v) is 2.97. The Balaban J connectivity index is 0.000000384. The van der Waals surface area contributed by atoms with Gasteiger partial charge in [-0.05, 0) is 46.8 Å². The van der Waals surface area contributed by atoms with Crippen LogP contribution in [-0.2, 0) is 19.6 Å². The van der Waals surface area contributed by atoms with Crippen molar-refractivity contribution in [1.82, 2.24) is 0 Å². The van der Waals surface area contributed by atoms with Crippen LogP contribution in [0.25, 0.3) is 0 Å². The van der Waals surface area contributed by atoms with Crippen LogP contribution in [0.1, 0.15) is 33.3 Å². The molecule has 0 heterocycles. The molecule has 1 atom stereocenters. The minimum absolute atomic E-state index is 0.0666. The molecule has 1 aromatic carbocycles. The van der Waals surface area contributed by atoms with Crippen molar-refractivity contribution >= 4 is 16.1 Å². The lowest BCUT2D eigenvalue weighted by Crippen LogP contribution is -2.35. The maximum Gasteiger partial charge on any atom is 0.323 e. The van der Waals surface area contributed by atoms with Gasteiger partial charge in [0.15, 0.2) is 0 Å². The number of esters is 1. The van der Waals surface area contributed by atoms with Crippen molar-refractivity contribution < 1.29 is 22.5 Å². The molecule has 0 aliphatic carbocycles. The number of carbonyl (C=O) groups excluding carboxylic acids is 1. The first kappa shape index (κ1) is 19.6. The van der Waals surface area contributed by atoms with E-state index in [1.165, 1.54) is 12.1 Å². The van der Waals surface area contributed by atoms with E-state index in [1.54, 1.807) is 19.1 Å². The van der Waals surface area contributed by atoms with Gasteiger partial charge in [-0.3, -0.25) is 9.35 Å². The Hall–Kier alpha value is -1.44. The number of aryl methyl sites for hydroxylation is 1. The summed E-state index contributed by atoms with van der Waals surface area (Å²) in [6.45, 7) is 8.88. The summed E-state index contributed by atoms with van der Waals surface area (Å²) in [6, 6.07) is 5.46. The van der Waals surface area contributed by atoms with Gasteiger partial charge < -0.3 is 10.5 Å². The zero-order chi connectivity index (χ0) is 16.8. The summed E-state index contributed by atoms with van der Waals surface area (Å²) >= 11 is 0. The number of benzene rings is 1. The lowest BCUT2D eigenvalue weighted by molar-refractivity contribution is -0.155. The largest absolute Gasteiger partial charge is 0.459 e. The second kappa shape index (κ2) is 7.53. The second-order valence-electron chi connectivity index (χ2n) is 5.61. The lowest BCUT2D eigenvalue weighted by Gasteiger charge is -2.20. The third kappa shape index (κ3) is 9.17. The van der Waals surface area contributed by atoms with Crippen LogP contribution in [0.3, 0.4) is 0 Å². The standard InChI is InChI=1S/C7H15NO2.C7H8O3S/c1-5(8)6(9)10-7(2,3)4;1-6-2-4-7(5-3-6)11(8,9)10/h5H,8H2,1-4H3;2-5H,1H3,(H,8,9,10)/t5-;/m0./s1. The lowest BCUT2D eigenvalue weighted by atomic mass is 10.2. The fourth-order valence-electron chi connectivity index (χ4n) is 1.10. The summed E-state index contributed by atoms with van der Waals surface area (Å²) in [5, 5.41) is 0. The van der Waals surface area contributed by atoms with E-state index in [4.69, 9.17) is 15.0 Å². The van der Waals surface area contributed by atoms with Gasteiger partial charge in [0, 0.05) is 0 Å². The molecular weight excluding hydrogens is 294 g/mol. The molecule has 1 rings (SSSR count). The molecule has 0 radical (unpaired) electrons. The highest BCUT2D eigenvalue weighted by Gasteiger charge is 2.18. The van der Waals surface area contributed by atoms with Gasteiger partial charge in [-0.2, -0.15) is 8.42 Å². The first-order valence-electron chi connectivity index (χ1n) is 6.35. The predicted octanol–water partition coefficient (Wildman–Crippen LogP) is 1.92. The summed E-state index contributed by atoms with van der Waals surface area (Å²) in [5.41, 5.74) is 5.80. The Morgan fingerprint density at radius 1 is 1.24 bits per heavy atom. The van der Waals surface area contributed by atoms with Gasteiger partial charge in [-0.15, -0.1) is 0 Å². The highest BCUT2D eigenvalue weighted by Crippen LogP contribution is 2.08. The van der Waals surface area contributed by atoms with E-state index >= 15 is 0 Å². The Labute approximate surface area is 126 Å². The predicted molar refractivity (Wildman–Crippen MR) is 80.5 cm³/mol. The molecule has 21 heavy (non-hydrogen) atoms. The van der Waals surface area contributed by atoms with Gasteiger partial charge in [0.25, 0.3) is 10.1 Å². The van der Waals surface area contributed by atoms with Crippen LogP contribution in [0.5, 0.6) is 0 Å². The molecule has 7 heteroatoms. The summed E-state index contributed by atoms with van der Waals surface area (Å²) < 4.78 is 34.5. The minimum atomic E-state index is -4.02. The van der Waals surface area contributed by atoms with Gasteiger partial charge in [-0.25, -0.2) is 0 Å². The Bertz CT molecular complexity index is 556. The maximum atomic E-state index is 10.8. The summed E-state index contributed by atoms with van der Waals surface area (Å²) in [6.07, 6.45) is 0. The first-order chi connectivity index (χ1) is 9.33. The summed E-state index contributed by atoms with van der Waals surface area (Å²) in [7, 11) is -4.02. The smallest absolute Gasteiger partial charge is 0.323 e. The maximum absolute atomic E-state index is 10.8. The molecule has 0 saturated heterocycles. The minimum Gasteiger partial charge on any atom is -0.459 e. The van der Waals surface area contributed by atoms with Crippen LogP contribution in [0.4, 0.5) is 0 Å². The number of carbonyl (C=O) groups is 1. The van der Waals surface area contributed by atoms with E-state index in [0.717, 1.165) is 5.56 Å². The Morgan fingerprint density at radius 2 is 1.67 bits per heavy atom. The van der Waals surface area contributed by atoms with E-state index in [1.807, 2.05) is 27.7 Å². The topological polar surface area (TPSA) is 107 Å². The molecule has 0 aromatic heterocycles. The average molecular weight is 317 g/mol. The molecule has 0 spiro atoms. The monoisotopic (exact) mass is 317 g/mol. The molecular formula is C14H23NO5S. The molecule has 120 valence electrons. The van der Waals surface area contributed by atoms with Gasteiger partial charge in [0.1, 0.15) is 11.6 Å². The normalized spacial score (nSPS) is 12.9. The van der Waals surface area contributed by atoms with Crippen LogP contribution in [-0.4, -0.2) is 30.6 Å². The molecule has 0 unspecified atom stereocenters. The van der Waals surface area contributed by atoms with Crippen molar-refractivity contribution in [3.05, 3.63) is 29.8 Å². The molecule has 0 amide bonds. The fraction of sp³-hybridized carbons (Fsp3) is 0.500. The van der Waals surface area contributed by atoms with Crippen LogP contribution < -0.4 is 5.73 Å². The Morgan fingerprint density at radius 3 is 1.90 bits per heavy atom. The molecule has 0 aliphatic rings. The number of hydrogen-bond donors (Lipinski definition) is 2. The summed E-state index contributed by atoms with van der Waals surface area (Å²) in [4.78, 5) is 10.7. The van der Waals surface area contributed by atoms with Crippen molar-refractivity contribution in [3.8, 4) is 0 Å². The highest BCUT2D eigenvalue weighted by molar-refractivity contribution is 7.85. The quantitative estimate of drug-likeness (QED) is 0.637. The number of hydrogen-bond acceptors (Lipinski definition) is 5. The Kier molecular flexibility index (Phi) is 7.02.